The maximum Gasteiger partial charge on any atom is 0.0509 e. The average Bonchev–Trinajstić information content (AvgIpc) is 2.03. The number of alkyl halides is 1. The number of hydrogen-bond acceptors (Lipinski definition) is 1. The van der Waals surface area contributed by atoms with Gasteiger partial charge in [0.05, 0.1) is 5.02 Å². The van der Waals surface area contributed by atoms with Gasteiger partial charge in [-0.25, -0.2) is 0 Å². The Hall–Kier alpha value is -0.340. The van der Waals surface area contributed by atoms with Gasteiger partial charge in [0, 0.05) is 23.3 Å². The quantitative estimate of drug-likeness (QED) is 0.714. The number of rotatable bonds is 2. The number of pyridine rings is 1. The van der Waals surface area contributed by atoms with E-state index in [1.165, 1.54) is 0 Å². The van der Waals surface area contributed by atoms with Gasteiger partial charge in [-0.15, -0.1) is 0 Å². The highest BCUT2D eigenvalue weighted by molar-refractivity contribution is 9.09. The predicted octanol–water partition coefficient (Wildman–Crippen LogP) is 3.14. The van der Waals surface area contributed by atoms with E-state index >= 15 is 0 Å². The van der Waals surface area contributed by atoms with Crippen LogP contribution in [0.2, 0.25) is 5.02 Å². The highest BCUT2D eigenvalue weighted by atomic mass is 79.9. The fourth-order valence-corrected chi connectivity index (χ4v) is 1.04. The number of hydrogen-bond donors (Lipinski definition) is 0. The molecule has 11 heavy (non-hydrogen) atoms. The molecule has 0 aromatic carbocycles. The molecule has 3 heteroatoms. The number of nitrogens with zero attached hydrogens (tertiary/aromatic N) is 1. The summed E-state index contributed by atoms with van der Waals surface area (Å²) in [7, 11) is 0. The predicted molar refractivity (Wildman–Crippen MR) is 52.1 cm³/mol. The molecular weight excluding hydrogens is 225 g/mol. The third-order valence-electron chi connectivity index (χ3n) is 1.18. The van der Waals surface area contributed by atoms with Gasteiger partial charge in [-0.1, -0.05) is 39.7 Å². The van der Waals surface area contributed by atoms with E-state index in [2.05, 4.69) is 20.9 Å². The SMILES string of the molecule is Clc1ccncc1C=CCBr. The molecule has 0 saturated heterocycles. The molecule has 1 rings (SSSR count). The van der Waals surface area contributed by atoms with Crippen molar-refractivity contribution in [1.29, 1.82) is 0 Å². The van der Waals surface area contributed by atoms with Crippen molar-refractivity contribution in [2.75, 3.05) is 5.33 Å². The van der Waals surface area contributed by atoms with Crippen molar-refractivity contribution in [3.8, 4) is 0 Å². The first kappa shape index (κ1) is 8.75. The van der Waals surface area contributed by atoms with Gasteiger partial charge < -0.3 is 0 Å². The van der Waals surface area contributed by atoms with E-state index in [4.69, 9.17) is 11.6 Å². The zero-order chi connectivity index (χ0) is 8.10. The third-order valence-corrected chi connectivity index (χ3v) is 1.90. The van der Waals surface area contributed by atoms with E-state index in [0.29, 0.717) is 0 Å². The van der Waals surface area contributed by atoms with E-state index in [-0.39, 0.29) is 0 Å². The lowest BCUT2D eigenvalue weighted by molar-refractivity contribution is 1.32. The molecule has 0 atom stereocenters. The Labute approximate surface area is 79.2 Å². The fourth-order valence-electron chi connectivity index (χ4n) is 0.684. The Morgan fingerprint density at radius 1 is 1.64 bits per heavy atom. The van der Waals surface area contributed by atoms with Crippen molar-refractivity contribution in [2.45, 2.75) is 0 Å². The zero-order valence-corrected chi connectivity index (χ0v) is 8.14. The van der Waals surface area contributed by atoms with Gasteiger partial charge in [-0.2, -0.15) is 0 Å². The summed E-state index contributed by atoms with van der Waals surface area (Å²) in [5, 5.41) is 1.57. The van der Waals surface area contributed by atoms with Crippen LogP contribution in [-0.2, 0) is 0 Å². The lowest BCUT2D eigenvalue weighted by atomic mass is 10.3. The second-order valence-corrected chi connectivity index (χ2v) is 3.01. The Balaban J connectivity index is 2.86. The van der Waals surface area contributed by atoms with Gasteiger partial charge in [-0.3, -0.25) is 4.98 Å². The molecule has 0 saturated carbocycles. The molecular formula is C8H7BrClN. The van der Waals surface area contributed by atoms with Crippen LogP contribution in [0.4, 0.5) is 0 Å². The van der Waals surface area contributed by atoms with Crippen LogP contribution in [-0.4, -0.2) is 10.3 Å². The second-order valence-electron chi connectivity index (χ2n) is 1.95. The smallest absolute Gasteiger partial charge is 0.0509 e. The average molecular weight is 233 g/mol. The maximum absolute atomic E-state index is 5.85. The standard InChI is InChI=1S/C8H7BrClN/c9-4-1-2-7-6-11-5-3-8(7)10/h1-3,5-6H,4H2. The summed E-state index contributed by atoms with van der Waals surface area (Å²) in [6.07, 6.45) is 7.32. The van der Waals surface area contributed by atoms with E-state index in [9.17, 15) is 0 Å². The first-order valence-electron chi connectivity index (χ1n) is 3.16. The summed E-state index contributed by atoms with van der Waals surface area (Å²) in [6, 6.07) is 1.77. The van der Waals surface area contributed by atoms with Crippen LogP contribution >= 0.6 is 27.5 Å². The van der Waals surface area contributed by atoms with Crippen LogP contribution < -0.4 is 0 Å². The van der Waals surface area contributed by atoms with Gasteiger partial charge in [0.2, 0.25) is 0 Å². The molecule has 0 bridgehead atoms. The van der Waals surface area contributed by atoms with E-state index in [1.807, 2.05) is 12.2 Å². The third kappa shape index (κ3) is 2.64. The molecule has 0 aliphatic heterocycles. The van der Waals surface area contributed by atoms with Crippen LogP contribution in [0.5, 0.6) is 0 Å². The molecule has 0 aliphatic rings. The van der Waals surface area contributed by atoms with Crippen molar-refractivity contribution >= 4 is 33.6 Å². The highest BCUT2D eigenvalue weighted by Gasteiger charge is 1.92. The van der Waals surface area contributed by atoms with Crippen molar-refractivity contribution in [3.05, 3.63) is 35.1 Å². The van der Waals surface area contributed by atoms with Crippen molar-refractivity contribution in [1.82, 2.24) is 4.98 Å². The molecule has 0 unspecified atom stereocenters. The second kappa shape index (κ2) is 4.52. The minimum atomic E-state index is 0.734. The van der Waals surface area contributed by atoms with Gasteiger partial charge in [0.1, 0.15) is 0 Å². The van der Waals surface area contributed by atoms with Gasteiger partial charge in [0.15, 0.2) is 0 Å². The molecule has 0 radical (unpaired) electrons. The first-order chi connectivity index (χ1) is 5.34. The summed E-state index contributed by atoms with van der Waals surface area (Å²) in [5.41, 5.74) is 0.952. The van der Waals surface area contributed by atoms with E-state index in [1.54, 1.807) is 18.5 Å². The molecule has 0 aliphatic carbocycles. The molecule has 0 spiro atoms. The normalized spacial score (nSPS) is 10.7. The molecule has 1 heterocycles. The fraction of sp³-hybridized carbons (Fsp3) is 0.125. The van der Waals surface area contributed by atoms with Crippen molar-refractivity contribution in [2.24, 2.45) is 0 Å². The van der Waals surface area contributed by atoms with E-state index < -0.39 is 0 Å². The molecule has 58 valence electrons. The number of halogens is 2. The lowest BCUT2D eigenvalue weighted by Crippen LogP contribution is -1.76. The van der Waals surface area contributed by atoms with Crippen LogP contribution in [0.15, 0.2) is 24.5 Å². The monoisotopic (exact) mass is 231 g/mol. The minimum absolute atomic E-state index is 0.734. The maximum atomic E-state index is 5.85. The summed E-state index contributed by atoms with van der Waals surface area (Å²) in [5.74, 6) is 0. The molecule has 0 fully saturated rings. The van der Waals surface area contributed by atoms with Crippen LogP contribution in [0.1, 0.15) is 5.56 Å². The number of aromatic nitrogens is 1. The van der Waals surface area contributed by atoms with Crippen LogP contribution in [0.25, 0.3) is 6.08 Å². The van der Waals surface area contributed by atoms with Crippen LogP contribution in [0, 0.1) is 0 Å². The van der Waals surface area contributed by atoms with Gasteiger partial charge in [-0.05, 0) is 6.07 Å². The summed E-state index contributed by atoms with van der Waals surface area (Å²) >= 11 is 9.13. The zero-order valence-electron chi connectivity index (χ0n) is 5.80. The Kier molecular flexibility index (Phi) is 3.60. The highest BCUT2D eigenvalue weighted by Crippen LogP contribution is 2.14. The van der Waals surface area contributed by atoms with Gasteiger partial charge in [0.25, 0.3) is 0 Å². The topological polar surface area (TPSA) is 12.9 Å². The van der Waals surface area contributed by atoms with E-state index in [0.717, 1.165) is 15.9 Å². The minimum Gasteiger partial charge on any atom is -0.264 e. The van der Waals surface area contributed by atoms with Gasteiger partial charge >= 0.3 is 0 Å². The molecule has 1 aromatic heterocycles. The van der Waals surface area contributed by atoms with Crippen LogP contribution in [0.3, 0.4) is 0 Å². The van der Waals surface area contributed by atoms with Crippen molar-refractivity contribution < 1.29 is 0 Å². The molecule has 1 aromatic rings. The summed E-state index contributed by atoms with van der Waals surface area (Å²) in [4.78, 5) is 3.95. The Bertz CT molecular complexity index is 260. The number of allylic oxidation sites excluding steroid dienone is 1. The lowest BCUT2D eigenvalue weighted by Gasteiger charge is -1.93. The molecule has 0 N–H and O–H groups in total. The first-order valence-corrected chi connectivity index (χ1v) is 4.66. The molecule has 1 nitrogen and oxygen atoms in total. The largest absolute Gasteiger partial charge is 0.264 e. The Morgan fingerprint density at radius 3 is 3.09 bits per heavy atom. The van der Waals surface area contributed by atoms with Crippen molar-refractivity contribution in [3.63, 3.8) is 0 Å². The molecule has 0 amide bonds. The Morgan fingerprint density at radius 2 is 2.45 bits per heavy atom. The summed E-state index contributed by atoms with van der Waals surface area (Å²) < 4.78 is 0. The summed E-state index contributed by atoms with van der Waals surface area (Å²) in [6.45, 7) is 0.